The second-order valence-corrected chi connectivity index (χ2v) is 19.0. The van der Waals surface area contributed by atoms with E-state index in [0.717, 1.165) is 29.0 Å². The Morgan fingerprint density at radius 1 is 0.867 bits per heavy atom. The van der Waals surface area contributed by atoms with Gasteiger partial charge in [-0.2, -0.15) is 8.61 Å². The number of benzene rings is 2. The van der Waals surface area contributed by atoms with Crippen molar-refractivity contribution in [2.45, 2.75) is 22.6 Å². The molecule has 248 valence electrons. The van der Waals surface area contributed by atoms with E-state index in [-0.39, 0.29) is 70.4 Å². The predicted octanol–water partition coefficient (Wildman–Crippen LogP) is 2.92. The van der Waals surface area contributed by atoms with Gasteiger partial charge < -0.3 is 0 Å². The lowest BCUT2D eigenvalue weighted by molar-refractivity contribution is 0.453. The normalized spacial score (nSPS) is 20.7. The third-order valence-corrected chi connectivity index (χ3v) is 14.5. The number of sulfonamides is 4. The molecule has 4 rings (SSSR count). The van der Waals surface area contributed by atoms with Crippen molar-refractivity contribution >= 4 is 73.7 Å². The maximum absolute atomic E-state index is 13.5. The van der Waals surface area contributed by atoms with Crippen LogP contribution >= 0.6 is 27.5 Å². The topological polar surface area (TPSA) is 167 Å². The first-order valence-electron chi connectivity index (χ1n) is 13.5. The zero-order chi connectivity index (χ0) is 33.2. The molecule has 19 heteroatoms. The van der Waals surface area contributed by atoms with Gasteiger partial charge in [-0.05, 0) is 82.6 Å². The van der Waals surface area contributed by atoms with Crippen LogP contribution in [0.4, 0.5) is 4.39 Å². The Bertz CT molecular complexity index is 1930. The molecule has 0 saturated carbocycles. The summed E-state index contributed by atoms with van der Waals surface area (Å²) in [6.07, 6.45) is 2.18. The second kappa shape index (κ2) is 14.2. The zero-order valence-corrected chi connectivity index (χ0v) is 29.3. The molecule has 12 nitrogen and oxygen atoms in total. The molecule has 0 spiro atoms. The summed E-state index contributed by atoms with van der Waals surface area (Å²) >= 11 is 9.00. The van der Waals surface area contributed by atoms with Crippen molar-refractivity contribution in [1.29, 1.82) is 0 Å². The maximum Gasteiger partial charge on any atom is 0.244 e. The van der Waals surface area contributed by atoms with Crippen molar-refractivity contribution in [3.8, 4) is 0 Å². The summed E-state index contributed by atoms with van der Waals surface area (Å²) in [5.41, 5.74) is 0.403. The van der Waals surface area contributed by atoms with Crippen LogP contribution in [0.15, 0.2) is 68.1 Å². The van der Waals surface area contributed by atoms with Gasteiger partial charge >= 0.3 is 0 Å². The molecule has 0 aliphatic carbocycles. The molecule has 45 heavy (non-hydrogen) atoms. The Kier molecular flexibility index (Phi) is 11.4. The van der Waals surface area contributed by atoms with Crippen LogP contribution in [0, 0.1) is 17.7 Å². The summed E-state index contributed by atoms with van der Waals surface area (Å²) in [5, 5.41) is 1.41. The predicted molar refractivity (Wildman–Crippen MR) is 172 cm³/mol. The fourth-order valence-electron chi connectivity index (χ4n) is 4.86. The molecule has 0 radical (unpaired) electrons. The van der Waals surface area contributed by atoms with E-state index < -0.39 is 45.9 Å². The van der Waals surface area contributed by atoms with Gasteiger partial charge in [0.25, 0.3) is 0 Å². The molecular weight excluding hydrogens is 759 g/mol. The quantitative estimate of drug-likeness (QED) is 0.313. The lowest BCUT2D eigenvalue weighted by atomic mass is 10.1. The van der Waals surface area contributed by atoms with Gasteiger partial charge in [0.1, 0.15) is 5.82 Å². The summed E-state index contributed by atoms with van der Waals surface area (Å²) < 4.78 is 122. The van der Waals surface area contributed by atoms with Gasteiger partial charge in [0.05, 0.1) is 14.8 Å². The van der Waals surface area contributed by atoms with Crippen molar-refractivity contribution in [3.63, 3.8) is 0 Å². The van der Waals surface area contributed by atoms with Crippen LogP contribution in [0.5, 0.6) is 0 Å². The first kappa shape index (κ1) is 36.1. The maximum atomic E-state index is 13.5. The van der Waals surface area contributed by atoms with E-state index >= 15 is 0 Å². The van der Waals surface area contributed by atoms with Crippen LogP contribution in [-0.4, -0.2) is 81.6 Å². The van der Waals surface area contributed by atoms with Gasteiger partial charge in [-0.25, -0.2) is 47.5 Å². The highest BCUT2D eigenvalue weighted by molar-refractivity contribution is 9.10. The van der Waals surface area contributed by atoms with Crippen molar-refractivity contribution in [3.05, 3.63) is 74.7 Å². The van der Waals surface area contributed by atoms with Gasteiger partial charge in [0.15, 0.2) is 0 Å². The average molecular weight is 790 g/mol. The van der Waals surface area contributed by atoms with E-state index in [1.54, 1.807) is 0 Å². The lowest BCUT2D eigenvalue weighted by Gasteiger charge is -2.18. The van der Waals surface area contributed by atoms with Gasteiger partial charge in [0, 0.05) is 54.6 Å². The first-order valence-corrected chi connectivity index (χ1v) is 20.6. The number of hydrogen-bond acceptors (Lipinski definition) is 8. The average Bonchev–Trinajstić information content (AvgIpc) is 3.67. The van der Waals surface area contributed by atoms with Crippen molar-refractivity contribution in [2.75, 3.05) is 39.3 Å². The highest BCUT2D eigenvalue weighted by Crippen LogP contribution is 2.31. The number of hydrogen-bond donors (Lipinski definition) is 2. The minimum Gasteiger partial charge on any atom is -0.211 e. The van der Waals surface area contributed by atoms with Crippen LogP contribution in [-0.2, 0) is 40.1 Å². The van der Waals surface area contributed by atoms with E-state index in [9.17, 15) is 38.1 Å². The molecular formula is C26H31BrClFN4O8S4. The third kappa shape index (κ3) is 9.00. The van der Waals surface area contributed by atoms with Crippen LogP contribution < -0.4 is 9.44 Å². The highest BCUT2D eigenvalue weighted by Gasteiger charge is 2.35. The Balaban J connectivity index is 1.33. The molecule has 0 aromatic heterocycles. The Morgan fingerprint density at radius 2 is 1.44 bits per heavy atom. The molecule has 2 aromatic rings. The molecule has 2 aromatic carbocycles. The molecule has 2 aliphatic rings. The Labute approximate surface area is 276 Å². The third-order valence-electron chi connectivity index (χ3n) is 7.41. The summed E-state index contributed by atoms with van der Waals surface area (Å²) in [6, 6.07) is 7.41. The molecule has 2 saturated heterocycles. The summed E-state index contributed by atoms with van der Waals surface area (Å²) in [5.74, 6) is -1.25. The summed E-state index contributed by atoms with van der Waals surface area (Å²) in [6.45, 7) is 3.86. The summed E-state index contributed by atoms with van der Waals surface area (Å²) in [7, 11) is -15.4. The molecule has 0 bridgehead atoms. The minimum absolute atomic E-state index is 0.0170. The van der Waals surface area contributed by atoms with Gasteiger partial charge in [0.2, 0.25) is 40.1 Å². The van der Waals surface area contributed by atoms with Gasteiger partial charge in [-0.15, -0.1) is 0 Å². The SMILES string of the molecule is C=CS(=O)(=O)NCC1CCN(S(=O)(=O)c2ccc(/C=C\S(=O)(=O)NCC3CCN(S(=O)(=O)c4ccc(F)c(Cl)c4)C3)cc2Br)C1. The van der Waals surface area contributed by atoms with E-state index in [1.165, 1.54) is 32.9 Å². The highest BCUT2D eigenvalue weighted by atomic mass is 79.9. The molecule has 2 atom stereocenters. The Morgan fingerprint density at radius 3 is 2.00 bits per heavy atom. The van der Waals surface area contributed by atoms with Gasteiger partial charge in [-0.1, -0.05) is 24.2 Å². The zero-order valence-electron chi connectivity index (χ0n) is 23.6. The van der Waals surface area contributed by atoms with E-state index in [2.05, 4.69) is 32.0 Å². The fraction of sp³-hybridized carbons (Fsp3) is 0.385. The van der Waals surface area contributed by atoms with Crippen LogP contribution in [0.3, 0.4) is 0 Å². The molecule has 2 unspecified atom stereocenters. The number of nitrogens with one attached hydrogen (secondary N) is 2. The van der Waals surface area contributed by atoms with Gasteiger partial charge in [-0.3, -0.25) is 0 Å². The first-order chi connectivity index (χ1) is 20.9. The van der Waals surface area contributed by atoms with E-state index in [0.29, 0.717) is 18.4 Å². The number of halogens is 3. The molecule has 2 aliphatic heterocycles. The molecule has 2 N–H and O–H groups in total. The smallest absolute Gasteiger partial charge is 0.211 e. The number of rotatable bonds is 13. The molecule has 2 heterocycles. The minimum atomic E-state index is -3.93. The monoisotopic (exact) mass is 788 g/mol. The standard InChI is InChI=1S/C26H31BrClFN4O8S4/c1-2-42(34,35)30-15-20-8-11-33(18-20)45(40,41)26-6-3-19(13-23(26)27)9-12-43(36,37)31-16-21-7-10-32(17-21)44(38,39)22-4-5-25(29)24(28)14-22/h2-6,9,12-14,20-21,30-31H,1,7-8,10-11,15-18H2/b12-9-. The van der Waals surface area contributed by atoms with Crippen molar-refractivity contribution < 1.29 is 38.1 Å². The lowest BCUT2D eigenvalue weighted by Crippen LogP contribution is -2.32. The van der Waals surface area contributed by atoms with Crippen molar-refractivity contribution in [1.82, 2.24) is 18.1 Å². The molecule has 0 amide bonds. The Hall–Kier alpha value is -1.74. The van der Waals surface area contributed by atoms with Crippen LogP contribution in [0.25, 0.3) is 6.08 Å². The largest absolute Gasteiger partial charge is 0.244 e. The fourth-order valence-corrected chi connectivity index (χ4v) is 10.7. The summed E-state index contributed by atoms with van der Waals surface area (Å²) in [4.78, 5) is -0.168. The van der Waals surface area contributed by atoms with Crippen LogP contribution in [0.2, 0.25) is 5.02 Å². The molecule has 2 fully saturated rings. The number of nitrogens with zero attached hydrogens (tertiary/aromatic N) is 2. The van der Waals surface area contributed by atoms with E-state index in [1.807, 2.05) is 0 Å². The van der Waals surface area contributed by atoms with Crippen molar-refractivity contribution in [2.24, 2.45) is 11.8 Å². The second-order valence-electron chi connectivity index (χ2n) is 10.6. The van der Waals surface area contributed by atoms with Crippen LogP contribution in [0.1, 0.15) is 18.4 Å². The van der Waals surface area contributed by atoms with E-state index in [4.69, 9.17) is 11.6 Å².